The zero-order valence-corrected chi connectivity index (χ0v) is 15.6. The fourth-order valence-electron chi connectivity index (χ4n) is 3.42. The Balaban J connectivity index is 1.89. The molecule has 1 aromatic rings. The van der Waals surface area contributed by atoms with Gasteiger partial charge in [0.05, 0.1) is 19.3 Å². The number of halogens is 2. The summed E-state index contributed by atoms with van der Waals surface area (Å²) in [5.41, 5.74) is 1.48. The van der Waals surface area contributed by atoms with E-state index in [0.29, 0.717) is 13.2 Å². The zero-order valence-electron chi connectivity index (χ0n) is 14.0. The van der Waals surface area contributed by atoms with E-state index in [4.69, 9.17) is 4.74 Å². The van der Waals surface area contributed by atoms with E-state index in [1.807, 2.05) is 19.1 Å². The van der Waals surface area contributed by atoms with Gasteiger partial charge < -0.3 is 14.7 Å². The van der Waals surface area contributed by atoms with Gasteiger partial charge in [0.2, 0.25) is 0 Å². The number of rotatable bonds is 3. The molecule has 0 spiro atoms. The van der Waals surface area contributed by atoms with Crippen LogP contribution in [0.1, 0.15) is 25.0 Å². The van der Waals surface area contributed by atoms with Crippen LogP contribution in [-0.2, 0) is 9.53 Å². The topological polar surface area (TPSA) is 49.8 Å². The van der Waals surface area contributed by atoms with Crippen LogP contribution < -0.4 is 0 Å². The number of aliphatic hydroxyl groups is 1. The third-order valence-electron chi connectivity index (χ3n) is 4.76. The first kappa shape index (κ1) is 18.3. The first-order valence-electron chi connectivity index (χ1n) is 8.38. The molecule has 3 rings (SSSR count). The molecule has 1 fully saturated rings. The molecule has 1 unspecified atom stereocenters. The highest BCUT2D eigenvalue weighted by molar-refractivity contribution is 9.12. The second-order valence-corrected chi connectivity index (χ2v) is 7.25. The van der Waals surface area contributed by atoms with E-state index >= 15 is 0 Å². The Morgan fingerprint density at radius 1 is 1.40 bits per heavy atom. The molecule has 1 heterocycles. The lowest BCUT2D eigenvalue weighted by Gasteiger charge is -2.41. The molecule has 2 aliphatic rings. The van der Waals surface area contributed by atoms with E-state index in [2.05, 4.69) is 15.9 Å². The maximum absolute atomic E-state index is 13.2. The van der Waals surface area contributed by atoms with Crippen molar-refractivity contribution in [2.24, 2.45) is 5.92 Å². The molecule has 0 aromatic heterocycles. The van der Waals surface area contributed by atoms with Gasteiger partial charge in [-0.2, -0.15) is 0 Å². The van der Waals surface area contributed by atoms with Gasteiger partial charge in [0.25, 0.3) is 5.91 Å². The molecule has 1 saturated heterocycles. The van der Waals surface area contributed by atoms with Crippen molar-refractivity contribution in [3.8, 4) is 0 Å². The van der Waals surface area contributed by atoms with Gasteiger partial charge in [-0.05, 0) is 30.0 Å². The van der Waals surface area contributed by atoms with Gasteiger partial charge in [-0.25, -0.2) is 4.39 Å². The molecule has 25 heavy (non-hydrogen) atoms. The second-order valence-electron chi connectivity index (χ2n) is 6.39. The summed E-state index contributed by atoms with van der Waals surface area (Å²) < 4.78 is 19.8. The number of aliphatic hydroxyl groups excluding tert-OH is 1. The SMILES string of the molecule is CC1CC=CC(Br)=C1C(=O)N1CCO[C@@H](c2ccc(F)cc2)[C@@H]1CO. The average molecular weight is 410 g/mol. The van der Waals surface area contributed by atoms with Gasteiger partial charge in [0, 0.05) is 16.6 Å². The number of amides is 1. The van der Waals surface area contributed by atoms with Gasteiger partial charge in [-0.3, -0.25) is 4.79 Å². The number of carbonyl (C=O) groups excluding carboxylic acids is 1. The van der Waals surface area contributed by atoms with Crippen LogP contribution in [0.5, 0.6) is 0 Å². The maximum atomic E-state index is 13.2. The number of benzene rings is 1. The van der Waals surface area contributed by atoms with E-state index in [9.17, 15) is 14.3 Å². The lowest BCUT2D eigenvalue weighted by molar-refractivity contribution is -0.146. The minimum atomic E-state index is -0.502. The standard InChI is InChI=1S/C19H21BrFNO3/c1-12-3-2-4-15(20)17(12)19(24)22-9-10-25-18(16(22)11-23)13-5-7-14(21)8-6-13/h2,4-8,12,16,18,23H,3,9-11H2,1H3/t12?,16-,18-/m0/s1. The van der Waals surface area contributed by atoms with Crippen LogP contribution in [0.2, 0.25) is 0 Å². The van der Waals surface area contributed by atoms with Crippen molar-refractivity contribution < 1.29 is 19.0 Å². The third kappa shape index (κ3) is 3.71. The van der Waals surface area contributed by atoms with E-state index in [1.54, 1.807) is 17.0 Å². The fourth-order valence-corrected chi connectivity index (χ4v) is 4.17. The van der Waals surface area contributed by atoms with Gasteiger partial charge in [-0.15, -0.1) is 0 Å². The van der Waals surface area contributed by atoms with Crippen molar-refractivity contribution in [1.82, 2.24) is 4.90 Å². The van der Waals surface area contributed by atoms with Crippen LogP contribution >= 0.6 is 15.9 Å². The minimum Gasteiger partial charge on any atom is -0.394 e. The lowest BCUT2D eigenvalue weighted by Crippen LogP contribution is -2.52. The molecule has 4 nitrogen and oxygen atoms in total. The number of carbonyl (C=O) groups is 1. The Bertz CT molecular complexity index is 701. The van der Waals surface area contributed by atoms with Gasteiger partial charge in [-0.1, -0.05) is 47.1 Å². The average Bonchev–Trinajstić information content (AvgIpc) is 2.61. The third-order valence-corrected chi connectivity index (χ3v) is 5.45. The first-order chi connectivity index (χ1) is 12.0. The highest BCUT2D eigenvalue weighted by Crippen LogP contribution is 2.34. The number of allylic oxidation sites excluding steroid dienone is 3. The summed E-state index contributed by atoms with van der Waals surface area (Å²) >= 11 is 3.48. The molecule has 1 aliphatic heterocycles. The molecule has 1 N–H and O–H groups in total. The molecule has 134 valence electrons. The molecule has 1 aliphatic carbocycles. The van der Waals surface area contributed by atoms with E-state index in [0.717, 1.165) is 22.0 Å². The highest BCUT2D eigenvalue weighted by Gasteiger charge is 2.38. The molecule has 0 radical (unpaired) electrons. The predicted molar refractivity (Wildman–Crippen MR) is 96.6 cm³/mol. The molecule has 0 saturated carbocycles. The lowest BCUT2D eigenvalue weighted by atomic mass is 9.91. The molecule has 1 aromatic carbocycles. The monoisotopic (exact) mass is 409 g/mol. The number of hydrogen-bond donors (Lipinski definition) is 1. The highest BCUT2D eigenvalue weighted by atomic mass is 79.9. The van der Waals surface area contributed by atoms with Crippen molar-refractivity contribution in [1.29, 1.82) is 0 Å². The summed E-state index contributed by atoms with van der Waals surface area (Å²) in [6, 6.07) is 5.50. The van der Waals surface area contributed by atoms with Crippen molar-refractivity contribution in [2.75, 3.05) is 19.8 Å². The predicted octanol–water partition coefficient (Wildman–Crippen LogP) is 3.33. The van der Waals surface area contributed by atoms with Crippen LogP contribution in [-0.4, -0.2) is 41.7 Å². The van der Waals surface area contributed by atoms with Gasteiger partial charge in [0.15, 0.2) is 0 Å². The van der Waals surface area contributed by atoms with Crippen molar-refractivity contribution in [3.63, 3.8) is 0 Å². The molecule has 3 atom stereocenters. The van der Waals surface area contributed by atoms with Crippen LogP contribution in [0.25, 0.3) is 0 Å². The Morgan fingerprint density at radius 3 is 2.76 bits per heavy atom. The van der Waals surface area contributed by atoms with Crippen LogP contribution in [0.15, 0.2) is 46.5 Å². The summed E-state index contributed by atoms with van der Waals surface area (Å²) in [4.78, 5) is 14.8. The van der Waals surface area contributed by atoms with Crippen molar-refractivity contribution in [3.05, 3.63) is 57.9 Å². The van der Waals surface area contributed by atoms with E-state index in [-0.39, 0.29) is 24.2 Å². The number of hydrogen-bond acceptors (Lipinski definition) is 3. The van der Waals surface area contributed by atoms with E-state index < -0.39 is 12.1 Å². The number of ether oxygens (including phenoxy) is 1. The maximum Gasteiger partial charge on any atom is 0.251 e. The van der Waals surface area contributed by atoms with Crippen LogP contribution in [0.4, 0.5) is 4.39 Å². The van der Waals surface area contributed by atoms with Crippen molar-refractivity contribution >= 4 is 21.8 Å². The number of morpholine rings is 1. The zero-order chi connectivity index (χ0) is 18.0. The summed E-state index contributed by atoms with van der Waals surface area (Å²) in [6.45, 7) is 2.59. The Labute approximate surface area is 155 Å². The molecular formula is C19H21BrFNO3. The number of nitrogens with zero attached hydrogens (tertiary/aromatic N) is 1. The van der Waals surface area contributed by atoms with Crippen LogP contribution in [0, 0.1) is 11.7 Å². The Morgan fingerprint density at radius 2 is 2.12 bits per heavy atom. The summed E-state index contributed by atoms with van der Waals surface area (Å²) in [7, 11) is 0. The fraction of sp³-hybridized carbons (Fsp3) is 0.421. The van der Waals surface area contributed by atoms with E-state index in [1.165, 1.54) is 12.1 Å². The molecular weight excluding hydrogens is 389 g/mol. The van der Waals surface area contributed by atoms with Gasteiger partial charge in [0.1, 0.15) is 11.9 Å². The normalized spacial score (nSPS) is 26.9. The van der Waals surface area contributed by atoms with Gasteiger partial charge >= 0.3 is 0 Å². The first-order valence-corrected chi connectivity index (χ1v) is 9.17. The summed E-state index contributed by atoms with van der Waals surface area (Å²) in [5.74, 6) is -0.304. The minimum absolute atomic E-state index is 0.0850. The van der Waals surface area contributed by atoms with Crippen molar-refractivity contribution in [2.45, 2.75) is 25.5 Å². The molecule has 6 heteroatoms. The quantitative estimate of drug-likeness (QED) is 0.832. The second kappa shape index (κ2) is 7.81. The molecule has 0 bridgehead atoms. The molecule has 1 amide bonds. The Hall–Kier alpha value is -1.50. The Kier molecular flexibility index (Phi) is 5.71. The smallest absolute Gasteiger partial charge is 0.251 e. The van der Waals surface area contributed by atoms with Crippen LogP contribution in [0.3, 0.4) is 0 Å². The summed E-state index contributed by atoms with van der Waals surface area (Å²) in [5, 5.41) is 9.94. The largest absolute Gasteiger partial charge is 0.394 e. The summed E-state index contributed by atoms with van der Waals surface area (Å²) in [6.07, 6.45) is 4.28.